The van der Waals surface area contributed by atoms with Gasteiger partial charge in [0.2, 0.25) is 5.91 Å². The van der Waals surface area contributed by atoms with E-state index in [-0.39, 0.29) is 23.3 Å². The van der Waals surface area contributed by atoms with Crippen LogP contribution >= 0.6 is 11.8 Å². The molecular formula is C24H30N4O2S. The molecule has 2 aromatic carbocycles. The number of aromatic nitrogens is 2. The summed E-state index contributed by atoms with van der Waals surface area (Å²) in [6.07, 6.45) is 0. The number of amides is 1. The van der Waals surface area contributed by atoms with Crippen LogP contribution in [0, 0.1) is 0 Å². The first kappa shape index (κ1) is 22.9. The van der Waals surface area contributed by atoms with E-state index >= 15 is 0 Å². The first-order chi connectivity index (χ1) is 14.8. The number of hydrogen-bond acceptors (Lipinski definition) is 5. The second-order valence-corrected chi connectivity index (χ2v) is 8.89. The lowest BCUT2D eigenvalue weighted by molar-refractivity contribution is -0.113. The molecule has 0 aliphatic rings. The van der Waals surface area contributed by atoms with Gasteiger partial charge in [0.1, 0.15) is 0 Å². The minimum atomic E-state index is -0.133. The normalized spacial score (nSPS) is 11.3. The van der Waals surface area contributed by atoms with Gasteiger partial charge in [-0.15, -0.1) is 0 Å². The molecule has 0 spiro atoms. The number of anilines is 2. The van der Waals surface area contributed by atoms with Gasteiger partial charge in [-0.25, -0.2) is 4.98 Å². The third-order valence-corrected chi connectivity index (χ3v) is 6.02. The van der Waals surface area contributed by atoms with Crippen molar-refractivity contribution >= 4 is 39.9 Å². The second-order valence-electron chi connectivity index (χ2n) is 7.94. The third-order valence-electron chi connectivity index (χ3n) is 5.07. The summed E-state index contributed by atoms with van der Waals surface area (Å²) in [5, 5.41) is 4.08. The summed E-state index contributed by atoms with van der Waals surface area (Å²) >= 11 is 1.28. The van der Waals surface area contributed by atoms with Gasteiger partial charge in [0, 0.05) is 30.0 Å². The van der Waals surface area contributed by atoms with Gasteiger partial charge in [-0.2, -0.15) is 0 Å². The highest BCUT2D eigenvalue weighted by atomic mass is 32.2. The van der Waals surface area contributed by atoms with Crippen molar-refractivity contribution in [2.75, 3.05) is 22.5 Å². The van der Waals surface area contributed by atoms with Crippen LogP contribution in [0.4, 0.5) is 11.4 Å². The quantitative estimate of drug-likeness (QED) is 0.398. The second kappa shape index (κ2) is 10.0. The van der Waals surface area contributed by atoms with Gasteiger partial charge in [0.05, 0.1) is 16.7 Å². The standard InChI is InChI=1S/C24H30N4O2S/c1-6-27(16(2)3)19-13-11-18(12-14-19)25-22(29)15-31-24-26-21-10-8-7-9-20(21)23(30)28(24)17(4)5/h7-14,16-17H,6,15H2,1-5H3,(H,25,29). The van der Waals surface area contributed by atoms with E-state index in [4.69, 9.17) is 0 Å². The average Bonchev–Trinajstić information content (AvgIpc) is 2.73. The van der Waals surface area contributed by atoms with Crippen molar-refractivity contribution in [3.63, 3.8) is 0 Å². The fraction of sp³-hybridized carbons (Fsp3) is 0.375. The topological polar surface area (TPSA) is 67.2 Å². The summed E-state index contributed by atoms with van der Waals surface area (Å²) in [5.74, 6) is 0.0402. The maximum absolute atomic E-state index is 12.9. The minimum Gasteiger partial charge on any atom is -0.369 e. The van der Waals surface area contributed by atoms with Crippen molar-refractivity contribution < 1.29 is 4.79 Å². The third kappa shape index (κ3) is 5.28. The number of carbonyl (C=O) groups is 1. The van der Waals surface area contributed by atoms with E-state index in [1.807, 2.05) is 56.3 Å². The average molecular weight is 439 g/mol. The lowest BCUT2D eigenvalue weighted by Crippen LogP contribution is -2.30. The van der Waals surface area contributed by atoms with Crippen LogP contribution < -0.4 is 15.8 Å². The summed E-state index contributed by atoms with van der Waals surface area (Å²) in [5.41, 5.74) is 2.45. The summed E-state index contributed by atoms with van der Waals surface area (Å²) in [6, 6.07) is 15.5. The molecule has 0 bridgehead atoms. The Morgan fingerprint density at radius 2 is 1.77 bits per heavy atom. The van der Waals surface area contributed by atoms with Crippen LogP contribution in [-0.4, -0.2) is 33.8 Å². The number of carbonyl (C=O) groups excluding carboxylic acids is 1. The molecule has 1 N–H and O–H groups in total. The first-order valence-corrected chi connectivity index (χ1v) is 11.6. The SMILES string of the molecule is CCN(c1ccc(NC(=O)CSc2nc3ccccc3c(=O)n2C(C)C)cc1)C(C)C. The van der Waals surface area contributed by atoms with Crippen molar-refractivity contribution in [2.24, 2.45) is 0 Å². The Balaban J connectivity index is 1.72. The van der Waals surface area contributed by atoms with E-state index in [1.54, 1.807) is 10.6 Å². The van der Waals surface area contributed by atoms with Gasteiger partial charge in [0.15, 0.2) is 5.16 Å². The maximum atomic E-state index is 12.9. The zero-order valence-corrected chi connectivity index (χ0v) is 19.6. The molecule has 0 radical (unpaired) electrons. The Bertz CT molecular complexity index is 1110. The zero-order valence-electron chi connectivity index (χ0n) is 18.8. The van der Waals surface area contributed by atoms with E-state index < -0.39 is 0 Å². The van der Waals surface area contributed by atoms with Gasteiger partial charge in [0.25, 0.3) is 5.56 Å². The molecule has 31 heavy (non-hydrogen) atoms. The Kier molecular flexibility index (Phi) is 7.38. The van der Waals surface area contributed by atoms with E-state index in [2.05, 4.69) is 36.0 Å². The Hall–Kier alpha value is -2.80. The lowest BCUT2D eigenvalue weighted by Gasteiger charge is -2.27. The molecule has 164 valence electrons. The Morgan fingerprint density at radius 1 is 1.10 bits per heavy atom. The van der Waals surface area contributed by atoms with Crippen molar-refractivity contribution in [1.29, 1.82) is 0 Å². The molecule has 7 heteroatoms. The molecule has 0 unspecified atom stereocenters. The van der Waals surface area contributed by atoms with Gasteiger partial charge in [-0.1, -0.05) is 23.9 Å². The summed E-state index contributed by atoms with van der Waals surface area (Å²) in [7, 11) is 0. The number of nitrogens with one attached hydrogen (secondary N) is 1. The number of para-hydroxylation sites is 1. The molecule has 0 fully saturated rings. The van der Waals surface area contributed by atoms with Crippen LogP contribution in [0.3, 0.4) is 0 Å². The number of benzene rings is 2. The van der Waals surface area contributed by atoms with E-state index in [9.17, 15) is 9.59 Å². The maximum Gasteiger partial charge on any atom is 0.262 e. The molecule has 0 saturated heterocycles. The predicted octanol–water partition coefficient (Wildman–Crippen LogP) is 4.94. The molecule has 6 nitrogen and oxygen atoms in total. The van der Waals surface area contributed by atoms with Crippen molar-refractivity contribution in [1.82, 2.24) is 9.55 Å². The molecule has 0 aliphatic heterocycles. The molecule has 0 saturated carbocycles. The number of fused-ring (bicyclic) bond motifs is 1. The van der Waals surface area contributed by atoms with Crippen molar-refractivity contribution in [3.05, 3.63) is 58.9 Å². The summed E-state index contributed by atoms with van der Waals surface area (Å²) in [4.78, 5) is 32.4. The Morgan fingerprint density at radius 3 is 2.39 bits per heavy atom. The van der Waals surface area contributed by atoms with E-state index in [0.29, 0.717) is 22.1 Å². The fourth-order valence-electron chi connectivity index (χ4n) is 3.59. The predicted molar refractivity (Wildman–Crippen MR) is 130 cm³/mol. The first-order valence-electron chi connectivity index (χ1n) is 10.6. The van der Waals surface area contributed by atoms with Gasteiger partial charge in [-0.3, -0.25) is 14.2 Å². The number of nitrogens with zero attached hydrogens (tertiary/aromatic N) is 3. The van der Waals surface area contributed by atoms with Gasteiger partial charge < -0.3 is 10.2 Å². The zero-order chi connectivity index (χ0) is 22.5. The fourth-order valence-corrected chi connectivity index (χ4v) is 4.52. The highest BCUT2D eigenvalue weighted by Gasteiger charge is 2.15. The highest BCUT2D eigenvalue weighted by Crippen LogP contribution is 2.22. The molecule has 1 amide bonds. The highest BCUT2D eigenvalue weighted by molar-refractivity contribution is 7.99. The van der Waals surface area contributed by atoms with Gasteiger partial charge >= 0.3 is 0 Å². The van der Waals surface area contributed by atoms with Crippen LogP contribution in [-0.2, 0) is 4.79 Å². The number of hydrogen-bond donors (Lipinski definition) is 1. The van der Waals surface area contributed by atoms with Gasteiger partial charge in [-0.05, 0) is 71.0 Å². The molecule has 3 aromatic rings. The molecular weight excluding hydrogens is 408 g/mol. The largest absolute Gasteiger partial charge is 0.369 e. The van der Waals surface area contributed by atoms with Crippen LogP contribution in [0.1, 0.15) is 40.7 Å². The molecule has 3 rings (SSSR count). The van der Waals surface area contributed by atoms with Crippen LogP contribution in [0.15, 0.2) is 58.5 Å². The van der Waals surface area contributed by atoms with Crippen LogP contribution in [0.5, 0.6) is 0 Å². The smallest absolute Gasteiger partial charge is 0.262 e. The number of rotatable bonds is 8. The van der Waals surface area contributed by atoms with E-state index in [0.717, 1.165) is 17.9 Å². The number of thioether (sulfide) groups is 1. The molecule has 0 aliphatic carbocycles. The van der Waals surface area contributed by atoms with Crippen LogP contribution in [0.2, 0.25) is 0 Å². The van der Waals surface area contributed by atoms with Crippen molar-refractivity contribution in [2.45, 2.75) is 51.9 Å². The van der Waals surface area contributed by atoms with E-state index in [1.165, 1.54) is 11.8 Å². The monoisotopic (exact) mass is 438 g/mol. The molecule has 1 heterocycles. The lowest BCUT2D eigenvalue weighted by atomic mass is 10.2. The summed E-state index contributed by atoms with van der Waals surface area (Å²) < 4.78 is 1.65. The Labute approximate surface area is 187 Å². The molecule has 1 aromatic heterocycles. The summed E-state index contributed by atoms with van der Waals surface area (Å²) in [6.45, 7) is 11.3. The van der Waals surface area contributed by atoms with Crippen molar-refractivity contribution in [3.8, 4) is 0 Å². The minimum absolute atomic E-state index is 0.0508. The molecule has 0 atom stereocenters. The van der Waals surface area contributed by atoms with Crippen LogP contribution in [0.25, 0.3) is 10.9 Å².